The molecule has 0 bridgehead atoms. The van der Waals surface area contributed by atoms with Crippen LogP contribution in [-0.2, 0) is 0 Å². The van der Waals surface area contributed by atoms with Crippen LogP contribution in [0.15, 0.2) is 27.8 Å². The first-order valence-corrected chi connectivity index (χ1v) is 6.42. The Balaban J connectivity index is 2.70. The predicted octanol–water partition coefficient (Wildman–Crippen LogP) is 3.43. The molecule has 1 unspecified atom stereocenters. The molecular weight excluding hydrogens is 305 g/mol. The summed E-state index contributed by atoms with van der Waals surface area (Å²) in [6.07, 6.45) is 1.35. The van der Waals surface area contributed by atoms with Crippen LogP contribution in [0.1, 0.15) is 19.8 Å². The Bertz CT molecular complexity index is 412. The Morgan fingerprint density at radius 3 is 2.88 bits per heavy atom. The minimum Gasteiger partial charge on any atom is -0.409 e. The number of benzene rings is 1. The van der Waals surface area contributed by atoms with Crippen molar-refractivity contribution in [2.45, 2.75) is 25.8 Å². The summed E-state index contributed by atoms with van der Waals surface area (Å²) in [4.78, 5) is 0. The molecule has 0 heterocycles. The van der Waals surface area contributed by atoms with Gasteiger partial charge in [-0.25, -0.2) is 0 Å². The summed E-state index contributed by atoms with van der Waals surface area (Å²) >= 11 is 9.33. The average molecular weight is 321 g/mol. The Kier molecular flexibility index (Phi) is 5.58. The molecule has 1 aromatic carbocycles. The molecule has 1 aromatic rings. The normalized spacial score (nSPS) is 13.5. The van der Waals surface area contributed by atoms with E-state index in [1.807, 2.05) is 25.1 Å². The number of hydrogen-bond acceptors (Lipinski definition) is 3. The summed E-state index contributed by atoms with van der Waals surface area (Å²) in [6, 6.07) is 5.75. The van der Waals surface area contributed by atoms with Crippen molar-refractivity contribution in [3.05, 3.63) is 27.7 Å². The summed E-state index contributed by atoms with van der Waals surface area (Å²) in [7, 11) is 0. The lowest BCUT2D eigenvalue weighted by Crippen LogP contribution is -2.26. The van der Waals surface area contributed by atoms with Gasteiger partial charge in [0.15, 0.2) is 0 Å². The molecule has 1 atom stereocenters. The van der Waals surface area contributed by atoms with Gasteiger partial charge in [-0.05, 0) is 40.5 Å². The van der Waals surface area contributed by atoms with Gasteiger partial charge in [-0.3, -0.25) is 0 Å². The van der Waals surface area contributed by atoms with Crippen LogP contribution < -0.4 is 11.1 Å². The van der Waals surface area contributed by atoms with Crippen molar-refractivity contribution >= 4 is 39.1 Å². The molecule has 1 rings (SSSR count). The zero-order valence-electron chi connectivity index (χ0n) is 9.45. The van der Waals surface area contributed by atoms with Gasteiger partial charge in [0, 0.05) is 22.6 Å². The van der Waals surface area contributed by atoms with Crippen LogP contribution in [0, 0.1) is 0 Å². The van der Waals surface area contributed by atoms with E-state index in [-0.39, 0.29) is 11.9 Å². The quantitative estimate of drug-likeness (QED) is 0.337. The number of oxime groups is 1. The molecule has 0 aromatic heterocycles. The third kappa shape index (κ3) is 4.44. The van der Waals surface area contributed by atoms with Gasteiger partial charge < -0.3 is 16.3 Å². The molecule has 0 fully saturated rings. The molecule has 0 aliphatic carbocycles. The van der Waals surface area contributed by atoms with E-state index in [9.17, 15) is 0 Å². The van der Waals surface area contributed by atoms with Crippen molar-refractivity contribution in [1.82, 2.24) is 0 Å². The summed E-state index contributed by atoms with van der Waals surface area (Å²) < 4.78 is 0.856. The SMILES string of the molecule is CCC(C/C(N)=N/O)Nc1ccc(Br)c(Cl)c1. The number of nitrogens with zero attached hydrogens (tertiary/aromatic N) is 1. The van der Waals surface area contributed by atoms with Crippen LogP contribution in [0.3, 0.4) is 0 Å². The maximum absolute atomic E-state index is 8.53. The minimum atomic E-state index is 0.114. The van der Waals surface area contributed by atoms with Crippen molar-refractivity contribution in [2.75, 3.05) is 5.32 Å². The number of halogens is 2. The van der Waals surface area contributed by atoms with Gasteiger partial charge in [0.05, 0.1) is 5.02 Å². The molecule has 0 radical (unpaired) electrons. The lowest BCUT2D eigenvalue weighted by Gasteiger charge is -2.17. The van der Waals surface area contributed by atoms with Gasteiger partial charge in [0.1, 0.15) is 5.84 Å². The topological polar surface area (TPSA) is 70.6 Å². The average Bonchev–Trinajstić information content (AvgIpc) is 2.32. The third-order valence-electron chi connectivity index (χ3n) is 2.37. The first-order valence-electron chi connectivity index (χ1n) is 5.24. The Morgan fingerprint density at radius 2 is 2.35 bits per heavy atom. The van der Waals surface area contributed by atoms with E-state index < -0.39 is 0 Å². The monoisotopic (exact) mass is 319 g/mol. The molecule has 0 aliphatic heterocycles. The zero-order chi connectivity index (χ0) is 12.8. The van der Waals surface area contributed by atoms with E-state index in [4.69, 9.17) is 22.5 Å². The van der Waals surface area contributed by atoms with E-state index in [0.717, 1.165) is 16.6 Å². The summed E-state index contributed by atoms with van der Waals surface area (Å²) in [5, 5.41) is 15.4. The number of nitrogens with one attached hydrogen (secondary N) is 1. The fourth-order valence-electron chi connectivity index (χ4n) is 1.41. The van der Waals surface area contributed by atoms with Gasteiger partial charge in [-0.1, -0.05) is 23.7 Å². The lowest BCUT2D eigenvalue weighted by molar-refractivity contribution is 0.316. The van der Waals surface area contributed by atoms with E-state index in [0.29, 0.717) is 11.4 Å². The summed E-state index contributed by atoms with van der Waals surface area (Å²) in [6.45, 7) is 2.03. The number of anilines is 1. The molecule has 17 heavy (non-hydrogen) atoms. The molecule has 0 amide bonds. The molecular formula is C11H15BrClN3O. The van der Waals surface area contributed by atoms with Gasteiger partial charge in [0.25, 0.3) is 0 Å². The van der Waals surface area contributed by atoms with Crippen molar-refractivity contribution in [3.8, 4) is 0 Å². The number of amidine groups is 1. The fraction of sp³-hybridized carbons (Fsp3) is 0.364. The second kappa shape index (κ2) is 6.71. The highest BCUT2D eigenvalue weighted by Crippen LogP contribution is 2.26. The maximum atomic E-state index is 8.53. The fourth-order valence-corrected chi connectivity index (χ4v) is 1.84. The van der Waals surface area contributed by atoms with E-state index >= 15 is 0 Å². The van der Waals surface area contributed by atoms with Gasteiger partial charge in [0.2, 0.25) is 0 Å². The molecule has 4 nitrogen and oxygen atoms in total. The largest absolute Gasteiger partial charge is 0.409 e. The third-order valence-corrected chi connectivity index (χ3v) is 3.60. The second-order valence-electron chi connectivity index (χ2n) is 3.67. The van der Waals surface area contributed by atoms with Crippen LogP contribution in [0.2, 0.25) is 5.02 Å². The van der Waals surface area contributed by atoms with Crippen LogP contribution in [0.4, 0.5) is 5.69 Å². The van der Waals surface area contributed by atoms with E-state index in [1.165, 1.54) is 0 Å². The summed E-state index contributed by atoms with van der Waals surface area (Å²) in [5.41, 5.74) is 6.40. The van der Waals surface area contributed by atoms with Gasteiger partial charge >= 0.3 is 0 Å². The highest BCUT2D eigenvalue weighted by molar-refractivity contribution is 9.10. The van der Waals surface area contributed by atoms with Crippen molar-refractivity contribution < 1.29 is 5.21 Å². The molecule has 6 heteroatoms. The number of rotatable bonds is 5. The first-order chi connectivity index (χ1) is 8.06. The van der Waals surface area contributed by atoms with Crippen molar-refractivity contribution in [2.24, 2.45) is 10.9 Å². The molecule has 4 N–H and O–H groups in total. The zero-order valence-corrected chi connectivity index (χ0v) is 11.8. The Morgan fingerprint density at radius 1 is 1.65 bits per heavy atom. The van der Waals surface area contributed by atoms with Crippen LogP contribution in [0.5, 0.6) is 0 Å². The van der Waals surface area contributed by atoms with Crippen LogP contribution >= 0.6 is 27.5 Å². The minimum absolute atomic E-state index is 0.114. The van der Waals surface area contributed by atoms with Crippen LogP contribution in [0.25, 0.3) is 0 Å². The van der Waals surface area contributed by atoms with E-state index in [2.05, 4.69) is 26.4 Å². The maximum Gasteiger partial charge on any atom is 0.141 e. The molecule has 94 valence electrons. The number of nitrogens with two attached hydrogens (primary N) is 1. The van der Waals surface area contributed by atoms with Crippen molar-refractivity contribution in [3.63, 3.8) is 0 Å². The second-order valence-corrected chi connectivity index (χ2v) is 4.94. The van der Waals surface area contributed by atoms with Gasteiger partial charge in [-0.15, -0.1) is 0 Å². The van der Waals surface area contributed by atoms with E-state index in [1.54, 1.807) is 0 Å². The van der Waals surface area contributed by atoms with Crippen molar-refractivity contribution in [1.29, 1.82) is 0 Å². The molecule has 0 aliphatic rings. The molecule has 0 saturated carbocycles. The highest BCUT2D eigenvalue weighted by atomic mass is 79.9. The molecule has 0 saturated heterocycles. The van der Waals surface area contributed by atoms with Crippen LogP contribution in [-0.4, -0.2) is 17.1 Å². The highest BCUT2D eigenvalue weighted by Gasteiger charge is 2.09. The Labute approximate surface area is 114 Å². The lowest BCUT2D eigenvalue weighted by atomic mass is 10.1. The predicted molar refractivity (Wildman–Crippen MR) is 74.9 cm³/mol. The van der Waals surface area contributed by atoms with Gasteiger partial charge in [-0.2, -0.15) is 0 Å². The smallest absolute Gasteiger partial charge is 0.141 e. The Hall–Kier alpha value is -0.940. The molecule has 0 spiro atoms. The number of hydrogen-bond donors (Lipinski definition) is 3. The first kappa shape index (κ1) is 14.1. The summed E-state index contributed by atoms with van der Waals surface area (Å²) in [5.74, 6) is 0.215. The standard InChI is InChI=1S/C11H15BrClN3O/c1-2-7(6-11(14)16-17)15-8-3-4-9(12)10(13)5-8/h3-5,7,15,17H,2,6H2,1H3,(H2,14,16).